The topological polar surface area (TPSA) is 98.5 Å². The minimum atomic E-state index is -4.97. The minimum Gasteiger partial charge on any atom is -0.406 e. The van der Waals surface area contributed by atoms with Crippen LogP contribution in [0.3, 0.4) is 0 Å². The predicted molar refractivity (Wildman–Crippen MR) is 112 cm³/mol. The van der Waals surface area contributed by atoms with Crippen LogP contribution in [0.25, 0.3) is 16.9 Å². The van der Waals surface area contributed by atoms with Gasteiger partial charge in [-0.3, -0.25) is 14.6 Å². The first-order chi connectivity index (χ1) is 16.5. The van der Waals surface area contributed by atoms with Crippen LogP contribution >= 0.6 is 0 Å². The van der Waals surface area contributed by atoms with Gasteiger partial charge in [0.2, 0.25) is 5.82 Å². The van der Waals surface area contributed by atoms with Gasteiger partial charge in [0.05, 0.1) is 23.8 Å². The van der Waals surface area contributed by atoms with Gasteiger partial charge in [-0.2, -0.15) is 0 Å². The molecule has 0 spiro atoms. The third kappa shape index (κ3) is 5.23. The number of Topliss-reactive ketones (excluding diaryl/α,β-unsaturated/α-hetero) is 1. The molecule has 2 heterocycles. The Morgan fingerprint density at radius 2 is 1.89 bits per heavy atom. The number of carbonyl (C=O) groups is 2. The van der Waals surface area contributed by atoms with Gasteiger partial charge in [0.15, 0.2) is 11.4 Å². The summed E-state index contributed by atoms with van der Waals surface area (Å²) in [5, 5.41) is 6.46. The zero-order valence-corrected chi connectivity index (χ0v) is 17.7. The number of anilines is 1. The quantitative estimate of drug-likeness (QED) is 0.307. The van der Waals surface area contributed by atoms with E-state index in [0.29, 0.717) is 6.07 Å². The predicted octanol–water partition coefficient (Wildman–Crippen LogP) is 4.81. The molecule has 0 radical (unpaired) electrons. The van der Waals surface area contributed by atoms with Gasteiger partial charge in [-0.25, -0.2) is 18.3 Å². The van der Waals surface area contributed by atoms with E-state index in [4.69, 9.17) is 0 Å². The molecule has 0 aliphatic carbocycles. The van der Waals surface area contributed by atoms with Crippen molar-refractivity contribution < 1.29 is 36.3 Å². The van der Waals surface area contributed by atoms with Gasteiger partial charge in [0.25, 0.3) is 5.91 Å². The standard InChI is InChI=1S/C22H14F5N5O3/c1-2-18(33)14-7-11(23)3-6-16(14)29-21(34)20-30-19-9-28-17(10-32(19)31-20)13-5-4-12(8-15(13)24)35-22(25,26)27/h3-10H,2H2,1H3,(H,29,34). The average molecular weight is 491 g/mol. The molecule has 0 saturated heterocycles. The van der Waals surface area contributed by atoms with E-state index in [1.807, 2.05) is 0 Å². The maximum Gasteiger partial charge on any atom is 0.573 e. The van der Waals surface area contributed by atoms with Gasteiger partial charge in [-0.15, -0.1) is 18.3 Å². The van der Waals surface area contributed by atoms with Gasteiger partial charge in [-0.1, -0.05) is 6.92 Å². The summed E-state index contributed by atoms with van der Waals surface area (Å²) < 4.78 is 69.8. The fourth-order valence-electron chi connectivity index (χ4n) is 3.16. The maximum atomic E-state index is 14.4. The van der Waals surface area contributed by atoms with Crippen LogP contribution in [0.4, 0.5) is 27.6 Å². The van der Waals surface area contributed by atoms with E-state index < -0.39 is 29.7 Å². The number of nitrogens with zero attached hydrogens (tertiary/aromatic N) is 4. The molecule has 2 aromatic heterocycles. The molecule has 4 aromatic rings. The Hall–Kier alpha value is -4.42. The number of hydrogen-bond donors (Lipinski definition) is 1. The number of hydrogen-bond acceptors (Lipinski definition) is 6. The molecule has 13 heteroatoms. The first kappa shape index (κ1) is 23.7. The van der Waals surface area contributed by atoms with Crippen molar-refractivity contribution in [3.8, 4) is 17.0 Å². The number of amides is 1. The number of halogens is 5. The molecule has 35 heavy (non-hydrogen) atoms. The fraction of sp³-hybridized carbons (Fsp3) is 0.136. The molecule has 0 atom stereocenters. The summed E-state index contributed by atoms with van der Waals surface area (Å²) in [6.45, 7) is 1.59. The number of carbonyl (C=O) groups excluding carboxylic acids is 2. The Balaban J connectivity index is 1.60. The van der Waals surface area contributed by atoms with Crippen LogP contribution in [0.15, 0.2) is 48.8 Å². The number of alkyl halides is 3. The Labute approximate surface area is 193 Å². The lowest BCUT2D eigenvalue weighted by Gasteiger charge is -2.10. The Morgan fingerprint density at radius 3 is 2.57 bits per heavy atom. The summed E-state index contributed by atoms with van der Waals surface area (Å²) in [5.74, 6) is -3.91. The smallest absolute Gasteiger partial charge is 0.406 e. The van der Waals surface area contributed by atoms with Crippen molar-refractivity contribution in [3.05, 3.63) is 71.8 Å². The van der Waals surface area contributed by atoms with Gasteiger partial charge < -0.3 is 10.1 Å². The molecule has 1 N–H and O–H groups in total. The summed E-state index contributed by atoms with van der Waals surface area (Å²) in [5.41, 5.74) is 0.0307. The molecular weight excluding hydrogens is 477 g/mol. The van der Waals surface area contributed by atoms with E-state index in [0.717, 1.165) is 28.8 Å². The van der Waals surface area contributed by atoms with Crippen molar-refractivity contribution in [1.29, 1.82) is 0 Å². The summed E-state index contributed by atoms with van der Waals surface area (Å²) in [6.07, 6.45) is -2.47. The summed E-state index contributed by atoms with van der Waals surface area (Å²) in [4.78, 5) is 32.8. The van der Waals surface area contributed by atoms with E-state index in [1.165, 1.54) is 18.5 Å². The Kier molecular flexibility index (Phi) is 6.16. The van der Waals surface area contributed by atoms with Crippen molar-refractivity contribution in [2.75, 3.05) is 5.32 Å². The third-order valence-electron chi connectivity index (χ3n) is 4.73. The third-order valence-corrected chi connectivity index (χ3v) is 4.73. The number of rotatable bonds is 6. The number of fused-ring (bicyclic) bond motifs is 1. The number of ketones is 1. The van der Waals surface area contributed by atoms with Crippen molar-refractivity contribution in [1.82, 2.24) is 19.6 Å². The molecule has 0 saturated carbocycles. The normalized spacial score (nSPS) is 11.5. The van der Waals surface area contributed by atoms with Gasteiger partial charge >= 0.3 is 6.36 Å². The molecule has 0 bridgehead atoms. The number of benzene rings is 2. The van der Waals surface area contributed by atoms with Crippen LogP contribution in [0.1, 0.15) is 34.3 Å². The van der Waals surface area contributed by atoms with Crippen molar-refractivity contribution >= 4 is 23.0 Å². The first-order valence-corrected chi connectivity index (χ1v) is 9.96. The highest BCUT2D eigenvalue weighted by molar-refractivity contribution is 6.08. The van der Waals surface area contributed by atoms with Crippen LogP contribution in [0.5, 0.6) is 5.75 Å². The van der Waals surface area contributed by atoms with Gasteiger partial charge in [0, 0.05) is 23.6 Å². The van der Waals surface area contributed by atoms with Crippen LogP contribution in [-0.2, 0) is 0 Å². The lowest BCUT2D eigenvalue weighted by molar-refractivity contribution is -0.274. The Bertz CT molecular complexity index is 1450. The lowest BCUT2D eigenvalue weighted by atomic mass is 10.1. The van der Waals surface area contributed by atoms with E-state index in [-0.39, 0.29) is 46.2 Å². The summed E-state index contributed by atoms with van der Waals surface area (Å²) >= 11 is 0. The molecular formula is C22H14F5N5O3. The second kappa shape index (κ2) is 9.08. The zero-order valence-electron chi connectivity index (χ0n) is 17.7. The number of ether oxygens (including phenoxy) is 1. The molecule has 0 aliphatic heterocycles. The second-order valence-corrected chi connectivity index (χ2v) is 7.12. The molecule has 1 amide bonds. The Morgan fingerprint density at radius 1 is 1.11 bits per heavy atom. The zero-order chi connectivity index (χ0) is 25.3. The van der Waals surface area contributed by atoms with Crippen LogP contribution in [-0.4, -0.2) is 37.6 Å². The monoisotopic (exact) mass is 491 g/mol. The van der Waals surface area contributed by atoms with E-state index >= 15 is 0 Å². The average Bonchev–Trinajstić information content (AvgIpc) is 3.22. The van der Waals surface area contributed by atoms with Crippen LogP contribution in [0, 0.1) is 11.6 Å². The highest BCUT2D eigenvalue weighted by Crippen LogP contribution is 2.28. The van der Waals surface area contributed by atoms with Gasteiger partial charge in [0.1, 0.15) is 17.4 Å². The SMILES string of the molecule is CCC(=O)c1cc(F)ccc1NC(=O)c1nc2cnc(-c3ccc(OC(F)(F)F)cc3F)cn2n1. The molecule has 0 fully saturated rings. The summed E-state index contributed by atoms with van der Waals surface area (Å²) in [6, 6.07) is 5.86. The molecule has 180 valence electrons. The molecule has 0 unspecified atom stereocenters. The molecule has 2 aromatic carbocycles. The number of nitrogens with one attached hydrogen (secondary N) is 1. The molecule has 8 nitrogen and oxygen atoms in total. The second-order valence-electron chi connectivity index (χ2n) is 7.12. The van der Waals surface area contributed by atoms with E-state index in [2.05, 4.69) is 25.1 Å². The van der Waals surface area contributed by atoms with E-state index in [1.54, 1.807) is 6.92 Å². The largest absolute Gasteiger partial charge is 0.573 e. The highest BCUT2D eigenvalue weighted by Gasteiger charge is 2.31. The minimum absolute atomic E-state index is 0.000204. The highest BCUT2D eigenvalue weighted by atomic mass is 19.4. The van der Waals surface area contributed by atoms with Crippen LogP contribution in [0.2, 0.25) is 0 Å². The molecule has 0 aliphatic rings. The first-order valence-electron chi connectivity index (χ1n) is 9.96. The maximum absolute atomic E-state index is 14.4. The number of aromatic nitrogens is 4. The fourth-order valence-corrected chi connectivity index (χ4v) is 3.16. The van der Waals surface area contributed by atoms with Crippen molar-refractivity contribution in [2.45, 2.75) is 19.7 Å². The van der Waals surface area contributed by atoms with Crippen molar-refractivity contribution in [3.63, 3.8) is 0 Å². The lowest BCUT2D eigenvalue weighted by Crippen LogP contribution is -2.17. The van der Waals surface area contributed by atoms with Crippen LogP contribution < -0.4 is 10.1 Å². The summed E-state index contributed by atoms with van der Waals surface area (Å²) in [7, 11) is 0. The van der Waals surface area contributed by atoms with Gasteiger partial charge in [-0.05, 0) is 30.3 Å². The molecule has 4 rings (SSSR count). The van der Waals surface area contributed by atoms with E-state index in [9.17, 15) is 31.5 Å². The van der Waals surface area contributed by atoms with Crippen molar-refractivity contribution in [2.24, 2.45) is 0 Å².